The molecular weight excluding hydrogens is 256 g/mol. The quantitative estimate of drug-likeness (QED) is 0.578. The largest absolute Gasteiger partial charge is 0.454 e. The van der Waals surface area contributed by atoms with Gasteiger partial charge >= 0.3 is 5.97 Å². The van der Waals surface area contributed by atoms with E-state index in [1.54, 1.807) is 27.7 Å². The second kappa shape index (κ2) is 5.78. The number of Topliss-reactive ketones (excluding diaryl/α,β-unsaturated/α-hetero) is 1. The first kappa shape index (κ1) is 18.4. The van der Waals surface area contributed by atoms with Gasteiger partial charge in [-0.05, 0) is 32.7 Å². The van der Waals surface area contributed by atoms with Crippen LogP contribution in [0.4, 0.5) is 0 Å². The summed E-state index contributed by atoms with van der Waals surface area (Å²) in [4.78, 5) is 24.0. The van der Waals surface area contributed by atoms with Gasteiger partial charge in [-0.25, -0.2) is 0 Å². The van der Waals surface area contributed by atoms with Crippen LogP contribution in [0.5, 0.6) is 0 Å². The van der Waals surface area contributed by atoms with Gasteiger partial charge in [-0.1, -0.05) is 33.9 Å². The molecule has 0 aliphatic heterocycles. The standard InChI is InChI=1S/C15H30O3Si/c1-11(18-13(17)14(2,3)4)12(16)10-19(8,9)15(5,6)7/h11H,10H2,1-9H3. The van der Waals surface area contributed by atoms with E-state index in [2.05, 4.69) is 33.9 Å². The third kappa shape index (κ3) is 5.47. The molecule has 1 unspecified atom stereocenters. The van der Waals surface area contributed by atoms with Crippen molar-refractivity contribution in [3.63, 3.8) is 0 Å². The summed E-state index contributed by atoms with van der Waals surface area (Å²) in [5.41, 5.74) is -0.564. The molecule has 0 radical (unpaired) electrons. The Bertz CT molecular complexity index is 345. The van der Waals surface area contributed by atoms with E-state index in [9.17, 15) is 9.59 Å². The fourth-order valence-corrected chi connectivity index (χ4v) is 2.94. The Labute approximate surface area is 119 Å². The molecule has 0 rings (SSSR count). The van der Waals surface area contributed by atoms with Crippen molar-refractivity contribution in [1.29, 1.82) is 0 Å². The summed E-state index contributed by atoms with van der Waals surface area (Å²) < 4.78 is 5.27. The maximum atomic E-state index is 12.2. The molecule has 0 amide bonds. The van der Waals surface area contributed by atoms with Crippen LogP contribution < -0.4 is 0 Å². The highest BCUT2D eigenvalue weighted by atomic mass is 28.3. The number of esters is 1. The molecule has 0 bridgehead atoms. The molecular formula is C15H30O3Si. The second-order valence-corrected chi connectivity index (χ2v) is 13.7. The Morgan fingerprint density at radius 2 is 1.47 bits per heavy atom. The Morgan fingerprint density at radius 3 is 1.79 bits per heavy atom. The molecule has 0 saturated heterocycles. The van der Waals surface area contributed by atoms with E-state index in [0.29, 0.717) is 6.04 Å². The van der Waals surface area contributed by atoms with Crippen molar-refractivity contribution in [2.75, 3.05) is 0 Å². The number of carbonyl (C=O) groups is 2. The minimum Gasteiger partial charge on any atom is -0.454 e. The average molecular weight is 286 g/mol. The van der Waals surface area contributed by atoms with Crippen LogP contribution in [0.3, 0.4) is 0 Å². The molecule has 1 atom stereocenters. The van der Waals surface area contributed by atoms with Crippen LogP contribution in [0.15, 0.2) is 0 Å². The molecule has 3 nitrogen and oxygen atoms in total. The smallest absolute Gasteiger partial charge is 0.311 e. The van der Waals surface area contributed by atoms with Crippen LogP contribution in [0.1, 0.15) is 48.5 Å². The molecule has 0 aliphatic carbocycles. The number of ketones is 1. The van der Waals surface area contributed by atoms with Crippen molar-refractivity contribution >= 4 is 19.8 Å². The molecule has 19 heavy (non-hydrogen) atoms. The molecule has 112 valence electrons. The van der Waals surface area contributed by atoms with Gasteiger partial charge in [0.2, 0.25) is 0 Å². The van der Waals surface area contributed by atoms with E-state index in [1.165, 1.54) is 0 Å². The molecule has 0 heterocycles. The first-order chi connectivity index (χ1) is 8.18. The highest BCUT2D eigenvalue weighted by Gasteiger charge is 2.38. The van der Waals surface area contributed by atoms with Crippen LogP contribution in [0.25, 0.3) is 0 Å². The van der Waals surface area contributed by atoms with Gasteiger partial charge in [0.1, 0.15) is 0 Å². The van der Waals surface area contributed by atoms with Crippen molar-refractivity contribution < 1.29 is 14.3 Å². The van der Waals surface area contributed by atoms with Gasteiger partial charge < -0.3 is 4.74 Å². The Hall–Kier alpha value is -0.643. The monoisotopic (exact) mass is 286 g/mol. The minimum atomic E-state index is -1.67. The van der Waals surface area contributed by atoms with Crippen molar-refractivity contribution in [2.24, 2.45) is 5.41 Å². The van der Waals surface area contributed by atoms with E-state index in [4.69, 9.17) is 4.74 Å². The summed E-state index contributed by atoms with van der Waals surface area (Å²) in [6.07, 6.45) is -0.638. The number of carbonyl (C=O) groups excluding carboxylic acids is 2. The van der Waals surface area contributed by atoms with Crippen LogP contribution in [0, 0.1) is 5.41 Å². The van der Waals surface area contributed by atoms with Crippen molar-refractivity contribution in [1.82, 2.24) is 0 Å². The lowest BCUT2D eigenvalue weighted by atomic mass is 9.97. The summed E-state index contributed by atoms with van der Waals surface area (Å²) in [7, 11) is -1.67. The Morgan fingerprint density at radius 1 is 1.05 bits per heavy atom. The van der Waals surface area contributed by atoms with Crippen LogP contribution in [0.2, 0.25) is 24.2 Å². The van der Waals surface area contributed by atoms with E-state index in [0.717, 1.165) is 0 Å². The molecule has 0 aromatic carbocycles. The van der Waals surface area contributed by atoms with Gasteiger partial charge in [-0.2, -0.15) is 0 Å². The van der Waals surface area contributed by atoms with Crippen molar-refractivity contribution in [3.8, 4) is 0 Å². The molecule has 0 N–H and O–H groups in total. The fourth-order valence-electron chi connectivity index (χ4n) is 1.25. The SMILES string of the molecule is CC(OC(=O)C(C)(C)C)C(=O)C[Si](C)(C)C(C)(C)C. The predicted molar refractivity (Wildman–Crippen MR) is 82.0 cm³/mol. The average Bonchev–Trinajstić information content (AvgIpc) is 2.13. The van der Waals surface area contributed by atoms with E-state index < -0.39 is 19.6 Å². The maximum Gasteiger partial charge on any atom is 0.311 e. The van der Waals surface area contributed by atoms with Crippen LogP contribution in [-0.2, 0) is 14.3 Å². The van der Waals surface area contributed by atoms with E-state index in [-0.39, 0.29) is 16.8 Å². The summed E-state index contributed by atoms with van der Waals surface area (Å²) in [5.74, 6) is -0.271. The lowest BCUT2D eigenvalue weighted by molar-refractivity contribution is -0.161. The third-order valence-electron chi connectivity index (χ3n) is 4.00. The highest BCUT2D eigenvalue weighted by molar-refractivity contribution is 6.82. The molecule has 4 heteroatoms. The maximum absolute atomic E-state index is 12.2. The number of hydrogen-bond donors (Lipinski definition) is 0. The lowest BCUT2D eigenvalue weighted by Crippen LogP contribution is -2.42. The molecule has 0 aliphatic rings. The topological polar surface area (TPSA) is 43.4 Å². The lowest BCUT2D eigenvalue weighted by Gasteiger charge is -2.37. The molecule has 0 fully saturated rings. The number of ether oxygens (including phenoxy) is 1. The zero-order chi connectivity index (χ0) is 15.6. The van der Waals surface area contributed by atoms with Gasteiger partial charge in [0.15, 0.2) is 11.9 Å². The third-order valence-corrected chi connectivity index (χ3v) is 9.29. The summed E-state index contributed by atoms with van der Waals surface area (Å²) in [5, 5.41) is 0.163. The fraction of sp³-hybridized carbons (Fsp3) is 0.867. The zero-order valence-corrected chi connectivity index (χ0v) is 15.0. The molecule has 0 aromatic rings. The number of rotatable bonds is 4. The van der Waals surface area contributed by atoms with Gasteiger partial charge in [0.25, 0.3) is 0 Å². The predicted octanol–water partition coefficient (Wildman–Crippen LogP) is 4.04. The molecule has 0 saturated carbocycles. The number of hydrogen-bond acceptors (Lipinski definition) is 3. The normalized spacial score (nSPS) is 15.0. The summed E-state index contributed by atoms with van der Waals surface area (Å²) >= 11 is 0. The Kier molecular flexibility index (Phi) is 5.58. The van der Waals surface area contributed by atoms with Gasteiger partial charge in [0, 0.05) is 6.04 Å². The first-order valence-corrected chi connectivity index (χ1v) is 10.1. The summed E-state index contributed by atoms with van der Waals surface area (Å²) in [6.45, 7) is 18.0. The summed E-state index contributed by atoms with van der Waals surface area (Å²) in [6, 6.07) is 0.551. The van der Waals surface area contributed by atoms with Gasteiger partial charge in [0.05, 0.1) is 13.5 Å². The van der Waals surface area contributed by atoms with Crippen LogP contribution in [-0.4, -0.2) is 25.9 Å². The van der Waals surface area contributed by atoms with Crippen LogP contribution >= 0.6 is 0 Å². The van der Waals surface area contributed by atoms with E-state index in [1.807, 2.05) is 0 Å². The second-order valence-electron chi connectivity index (χ2n) is 8.07. The van der Waals surface area contributed by atoms with Gasteiger partial charge in [-0.3, -0.25) is 9.59 Å². The zero-order valence-electron chi connectivity index (χ0n) is 14.0. The molecule has 0 aromatic heterocycles. The minimum absolute atomic E-state index is 0.0455. The van der Waals surface area contributed by atoms with Crippen molar-refractivity contribution in [2.45, 2.75) is 78.7 Å². The van der Waals surface area contributed by atoms with Crippen molar-refractivity contribution in [3.05, 3.63) is 0 Å². The molecule has 0 spiro atoms. The highest BCUT2D eigenvalue weighted by Crippen LogP contribution is 2.39. The van der Waals surface area contributed by atoms with Gasteiger partial charge in [-0.15, -0.1) is 0 Å². The first-order valence-electron chi connectivity index (χ1n) is 6.92. The van der Waals surface area contributed by atoms with E-state index >= 15 is 0 Å². The Balaban J connectivity index is 4.66.